The number of pyridine rings is 2. The van der Waals surface area contributed by atoms with Gasteiger partial charge in [-0.2, -0.15) is 0 Å². The van der Waals surface area contributed by atoms with E-state index in [0.29, 0.717) is 5.56 Å². The van der Waals surface area contributed by atoms with Crippen LogP contribution in [0.5, 0.6) is 0 Å². The SMILES string of the molecule is O=C1C[C@H](N(Cc2cccnc2)C(=O)c2cccnc2)C(=O)C1=O. The molecular weight excluding hydrogens is 310 g/mol. The molecule has 0 aromatic carbocycles. The molecule has 0 unspecified atom stereocenters. The van der Waals surface area contributed by atoms with Gasteiger partial charge in [0.2, 0.25) is 11.6 Å². The summed E-state index contributed by atoms with van der Waals surface area (Å²) < 4.78 is 0. The van der Waals surface area contributed by atoms with E-state index >= 15 is 0 Å². The van der Waals surface area contributed by atoms with E-state index < -0.39 is 29.3 Å². The van der Waals surface area contributed by atoms with E-state index in [1.54, 1.807) is 36.7 Å². The van der Waals surface area contributed by atoms with Crippen LogP contribution in [0.4, 0.5) is 0 Å². The first-order valence-electron chi connectivity index (χ1n) is 7.29. The van der Waals surface area contributed by atoms with Gasteiger partial charge in [0.25, 0.3) is 11.7 Å². The van der Waals surface area contributed by atoms with Crippen molar-refractivity contribution < 1.29 is 19.2 Å². The normalized spacial score (nSPS) is 17.2. The summed E-state index contributed by atoms with van der Waals surface area (Å²) >= 11 is 0. The van der Waals surface area contributed by atoms with Crippen LogP contribution in [0.2, 0.25) is 0 Å². The molecule has 1 aliphatic carbocycles. The summed E-state index contributed by atoms with van der Waals surface area (Å²) in [4.78, 5) is 57.1. The van der Waals surface area contributed by atoms with Crippen LogP contribution in [0.3, 0.4) is 0 Å². The molecule has 2 aromatic heterocycles. The number of hydrogen-bond acceptors (Lipinski definition) is 6. The molecule has 1 saturated carbocycles. The maximum Gasteiger partial charge on any atom is 0.266 e. The Morgan fingerprint density at radius 1 is 1.08 bits per heavy atom. The monoisotopic (exact) mass is 323 g/mol. The van der Waals surface area contributed by atoms with E-state index in [0.717, 1.165) is 0 Å². The van der Waals surface area contributed by atoms with Crippen LogP contribution in [0, 0.1) is 0 Å². The Morgan fingerprint density at radius 2 is 1.79 bits per heavy atom. The van der Waals surface area contributed by atoms with Gasteiger partial charge < -0.3 is 4.90 Å². The molecule has 0 N–H and O–H groups in total. The second-order valence-corrected chi connectivity index (χ2v) is 5.37. The highest BCUT2D eigenvalue weighted by Crippen LogP contribution is 2.20. The minimum Gasteiger partial charge on any atom is -0.323 e. The lowest BCUT2D eigenvalue weighted by Crippen LogP contribution is -2.43. The zero-order chi connectivity index (χ0) is 17.1. The fraction of sp³-hybridized carbons (Fsp3) is 0.176. The van der Waals surface area contributed by atoms with E-state index in [9.17, 15) is 19.2 Å². The van der Waals surface area contributed by atoms with E-state index in [2.05, 4.69) is 9.97 Å². The van der Waals surface area contributed by atoms with Gasteiger partial charge in [-0.05, 0) is 23.8 Å². The van der Waals surface area contributed by atoms with Crippen molar-refractivity contribution in [2.75, 3.05) is 0 Å². The van der Waals surface area contributed by atoms with Gasteiger partial charge in [-0.15, -0.1) is 0 Å². The predicted octanol–water partition coefficient (Wildman–Crippen LogP) is 0.599. The molecular formula is C17H13N3O4. The number of Topliss-reactive ketones (excluding diaryl/α,β-unsaturated/α-hetero) is 3. The van der Waals surface area contributed by atoms with Crippen molar-refractivity contribution in [3.05, 3.63) is 60.2 Å². The Kier molecular flexibility index (Phi) is 4.24. The molecule has 7 nitrogen and oxygen atoms in total. The van der Waals surface area contributed by atoms with Gasteiger partial charge in [0.05, 0.1) is 5.56 Å². The molecule has 0 spiro atoms. The van der Waals surface area contributed by atoms with Crippen LogP contribution in [0.15, 0.2) is 49.1 Å². The minimum atomic E-state index is -1.09. The van der Waals surface area contributed by atoms with Crippen molar-refractivity contribution in [2.24, 2.45) is 0 Å². The summed E-state index contributed by atoms with van der Waals surface area (Å²) in [5.41, 5.74) is 0.968. The quantitative estimate of drug-likeness (QED) is 0.764. The van der Waals surface area contributed by atoms with E-state index in [-0.39, 0.29) is 18.5 Å². The lowest BCUT2D eigenvalue weighted by molar-refractivity contribution is -0.140. The van der Waals surface area contributed by atoms with Crippen molar-refractivity contribution in [2.45, 2.75) is 19.0 Å². The first-order chi connectivity index (χ1) is 11.6. The Labute approximate surface area is 137 Å². The molecule has 120 valence electrons. The summed E-state index contributed by atoms with van der Waals surface area (Å²) in [5, 5.41) is 0. The third kappa shape index (κ3) is 2.96. The summed E-state index contributed by atoms with van der Waals surface area (Å²) in [7, 11) is 0. The van der Waals surface area contributed by atoms with Crippen molar-refractivity contribution in [1.29, 1.82) is 0 Å². The van der Waals surface area contributed by atoms with Gasteiger partial charge in [0.1, 0.15) is 6.04 Å². The topological polar surface area (TPSA) is 97.3 Å². The fourth-order valence-corrected chi connectivity index (χ4v) is 2.57. The van der Waals surface area contributed by atoms with Gasteiger partial charge in [-0.1, -0.05) is 6.07 Å². The number of amides is 1. The number of carbonyl (C=O) groups excluding carboxylic acids is 4. The summed E-state index contributed by atoms with van der Waals surface area (Å²) in [5.74, 6) is -3.12. The maximum atomic E-state index is 12.8. The lowest BCUT2D eigenvalue weighted by Gasteiger charge is -2.27. The van der Waals surface area contributed by atoms with Crippen LogP contribution in [0.1, 0.15) is 22.3 Å². The van der Waals surface area contributed by atoms with Crippen LogP contribution < -0.4 is 0 Å². The fourth-order valence-electron chi connectivity index (χ4n) is 2.57. The second kappa shape index (κ2) is 6.49. The number of rotatable bonds is 4. The van der Waals surface area contributed by atoms with Crippen LogP contribution >= 0.6 is 0 Å². The zero-order valence-electron chi connectivity index (χ0n) is 12.6. The minimum absolute atomic E-state index is 0.0680. The van der Waals surface area contributed by atoms with E-state index in [4.69, 9.17) is 0 Å². The number of nitrogens with zero attached hydrogens (tertiary/aromatic N) is 3. The van der Waals surface area contributed by atoms with Crippen molar-refractivity contribution >= 4 is 23.3 Å². The molecule has 0 bridgehead atoms. The first-order valence-corrected chi connectivity index (χ1v) is 7.29. The highest BCUT2D eigenvalue weighted by Gasteiger charge is 2.44. The van der Waals surface area contributed by atoms with Crippen molar-refractivity contribution in [3.63, 3.8) is 0 Å². The molecule has 1 atom stereocenters. The molecule has 0 aliphatic heterocycles. The van der Waals surface area contributed by atoms with Gasteiger partial charge in [-0.3, -0.25) is 29.1 Å². The zero-order valence-corrected chi connectivity index (χ0v) is 12.6. The van der Waals surface area contributed by atoms with Gasteiger partial charge >= 0.3 is 0 Å². The third-order valence-electron chi connectivity index (χ3n) is 3.78. The van der Waals surface area contributed by atoms with Gasteiger partial charge in [-0.25, -0.2) is 0 Å². The molecule has 1 aliphatic rings. The van der Waals surface area contributed by atoms with Crippen molar-refractivity contribution in [1.82, 2.24) is 14.9 Å². The van der Waals surface area contributed by atoms with E-state index in [1.807, 2.05) is 0 Å². The predicted molar refractivity (Wildman–Crippen MR) is 81.8 cm³/mol. The standard InChI is InChI=1S/C17H13N3O4/c21-14-7-13(15(22)16(14)23)20(10-11-3-1-5-18-8-11)17(24)12-4-2-6-19-9-12/h1-6,8-9,13H,7,10H2/t13-/m0/s1. The molecule has 1 fully saturated rings. The number of ketones is 3. The molecule has 3 rings (SSSR count). The molecule has 0 saturated heterocycles. The number of hydrogen-bond donors (Lipinski definition) is 0. The van der Waals surface area contributed by atoms with Gasteiger partial charge in [0.15, 0.2) is 0 Å². The molecule has 24 heavy (non-hydrogen) atoms. The smallest absolute Gasteiger partial charge is 0.266 e. The summed E-state index contributed by atoms with van der Waals surface area (Å²) in [6.45, 7) is 0.0680. The van der Waals surface area contributed by atoms with Crippen LogP contribution in [-0.4, -0.2) is 44.2 Å². The Morgan fingerprint density at radius 3 is 2.33 bits per heavy atom. The Bertz CT molecular complexity index is 805. The average Bonchev–Trinajstić information content (AvgIpc) is 2.88. The highest BCUT2D eigenvalue weighted by atomic mass is 16.2. The average molecular weight is 323 g/mol. The van der Waals surface area contributed by atoms with Crippen LogP contribution in [0.25, 0.3) is 0 Å². The molecule has 0 radical (unpaired) electrons. The largest absolute Gasteiger partial charge is 0.323 e. The first kappa shape index (κ1) is 15.7. The van der Waals surface area contributed by atoms with Crippen molar-refractivity contribution in [3.8, 4) is 0 Å². The summed E-state index contributed by atoms with van der Waals surface area (Å²) in [6, 6.07) is 5.53. The Hall–Kier alpha value is -3.22. The summed E-state index contributed by atoms with van der Waals surface area (Å²) in [6.07, 6.45) is 5.76. The second-order valence-electron chi connectivity index (χ2n) is 5.37. The molecule has 7 heteroatoms. The lowest BCUT2D eigenvalue weighted by atomic mass is 10.1. The molecule has 2 heterocycles. The maximum absolute atomic E-state index is 12.8. The molecule has 1 amide bonds. The van der Waals surface area contributed by atoms with E-state index in [1.165, 1.54) is 17.3 Å². The third-order valence-corrected chi connectivity index (χ3v) is 3.78. The number of carbonyl (C=O) groups is 4. The van der Waals surface area contributed by atoms with Gasteiger partial charge in [0, 0.05) is 37.8 Å². The highest BCUT2D eigenvalue weighted by molar-refractivity contribution is 6.68. The van der Waals surface area contributed by atoms with Crippen LogP contribution in [-0.2, 0) is 20.9 Å². The Balaban J connectivity index is 1.95. The molecule has 2 aromatic rings. The number of aromatic nitrogens is 2.